The molecule has 0 amide bonds. The number of nitriles is 1. The summed E-state index contributed by atoms with van der Waals surface area (Å²) in [6, 6.07) is 5.80. The first kappa shape index (κ1) is 8.61. The molecule has 0 radical (unpaired) electrons. The molecule has 0 aliphatic rings. The lowest BCUT2D eigenvalue weighted by molar-refractivity contribution is 0.465. The summed E-state index contributed by atoms with van der Waals surface area (Å²) < 4.78 is 0. The molecule has 1 aromatic rings. The monoisotopic (exact) mass is 161 g/mol. The number of phenolic OH excluding ortho intramolecular Hbond substituents is 1. The van der Waals surface area contributed by atoms with Crippen molar-refractivity contribution in [3.63, 3.8) is 0 Å². The molecule has 2 nitrogen and oxygen atoms in total. The van der Waals surface area contributed by atoms with Gasteiger partial charge in [0.1, 0.15) is 5.75 Å². The van der Waals surface area contributed by atoms with E-state index in [1.54, 1.807) is 0 Å². The molecule has 0 fully saturated rings. The number of hydrogen-bond acceptors (Lipinski definition) is 2. The van der Waals surface area contributed by atoms with Gasteiger partial charge in [-0.05, 0) is 25.0 Å². The maximum Gasteiger partial charge on any atom is 0.122 e. The third-order valence-electron chi connectivity index (χ3n) is 1.97. The Hall–Kier alpha value is -1.49. The summed E-state index contributed by atoms with van der Waals surface area (Å²) in [6.07, 6.45) is 0.277. The standard InChI is InChI=1S/C10H11NO/c1-7-3-4-8(2)10(12)9(7)5-6-11/h3-4,12H,5H2,1-2H3. The van der Waals surface area contributed by atoms with Gasteiger partial charge in [0, 0.05) is 5.56 Å². The third-order valence-corrected chi connectivity index (χ3v) is 1.97. The molecule has 0 bridgehead atoms. The molecule has 0 saturated heterocycles. The van der Waals surface area contributed by atoms with Crippen molar-refractivity contribution in [2.75, 3.05) is 0 Å². The van der Waals surface area contributed by atoms with Crippen LogP contribution in [0.5, 0.6) is 5.75 Å². The van der Waals surface area contributed by atoms with Gasteiger partial charge in [-0.15, -0.1) is 0 Å². The highest BCUT2D eigenvalue weighted by atomic mass is 16.3. The quantitative estimate of drug-likeness (QED) is 0.685. The Labute approximate surface area is 72.1 Å². The first-order chi connectivity index (χ1) is 5.66. The number of hydrogen-bond donors (Lipinski definition) is 1. The smallest absolute Gasteiger partial charge is 0.122 e. The molecule has 2 heteroatoms. The van der Waals surface area contributed by atoms with Crippen LogP contribution in [0.3, 0.4) is 0 Å². The van der Waals surface area contributed by atoms with E-state index in [9.17, 15) is 5.11 Å². The van der Waals surface area contributed by atoms with Crippen LogP contribution in [0.25, 0.3) is 0 Å². The SMILES string of the molecule is Cc1ccc(C)c(CC#N)c1O. The van der Waals surface area contributed by atoms with E-state index in [1.165, 1.54) is 0 Å². The summed E-state index contributed by atoms with van der Waals surface area (Å²) in [5.74, 6) is 0.261. The van der Waals surface area contributed by atoms with Gasteiger partial charge < -0.3 is 5.11 Å². The summed E-state index contributed by atoms with van der Waals surface area (Å²) in [5.41, 5.74) is 2.54. The second kappa shape index (κ2) is 3.27. The Balaban J connectivity index is 3.25. The van der Waals surface area contributed by atoms with Crippen molar-refractivity contribution in [2.24, 2.45) is 0 Å². The molecule has 12 heavy (non-hydrogen) atoms. The van der Waals surface area contributed by atoms with Crippen LogP contribution in [-0.4, -0.2) is 5.11 Å². The Morgan fingerprint density at radius 2 is 1.92 bits per heavy atom. The summed E-state index contributed by atoms with van der Waals surface area (Å²) >= 11 is 0. The summed E-state index contributed by atoms with van der Waals surface area (Å²) in [4.78, 5) is 0. The second-order valence-corrected chi connectivity index (χ2v) is 2.86. The van der Waals surface area contributed by atoms with Gasteiger partial charge in [0.15, 0.2) is 0 Å². The Bertz CT molecular complexity index is 336. The largest absolute Gasteiger partial charge is 0.507 e. The van der Waals surface area contributed by atoms with Crippen LogP contribution in [0.15, 0.2) is 12.1 Å². The van der Waals surface area contributed by atoms with Gasteiger partial charge in [0.05, 0.1) is 12.5 Å². The molecule has 0 aliphatic carbocycles. The highest BCUT2D eigenvalue weighted by Crippen LogP contribution is 2.24. The van der Waals surface area contributed by atoms with Crippen LogP contribution in [-0.2, 0) is 6.42 Å². The van der Waals surface area contributed by atoms with Crippen LogP contribution in [0.4, 0.5) is 0 Å². The van der Waals surface area contributed by atoms with Crippen molar-refractivity contribution in [1.82, 2.24) is 0 Å². The fourth-order valence-corrected chi connectivity index (χ4v) is 1.16. The number of aryl methyl sites for hydroxylation is 2. The molecule has 0 saturated carbocycles. The van der Waals surface area contributed by atoms with Gasteiger partial charge in [-0.1, -0.05) is 12.1 Å². The first-order valence-electron chi connectivity index (χ1n) is 3.82. The molecule has 0 atom stereocenters. The van der Waals surface area contributed by atoms with E-state index in [1.807, 2.05) is 32.0 Å². The summed E-state index contributed by atoms with van der Waals surface area (Å²) in [5, 5.41) is 18.1. The van der Waals surface area contributed by atoms with Crippen LogP contribution in [0.2, 0.25) is 0 Å². The predicted molar refractivity (Wildman–Crippen MR) is 46.9 cm³/mol. The van der Waals surface area contributed by atoms with Crippen LogP contribution in [0, 0.1) is 25.2 Å². The van der Waals surface area contributed by atoms with E-state index in [-0.39, 0.29) is 12.2 Å². The molecule has 0 heterocycles. The third kappa shape index (κ3) is 1.40. The Morgan fingerprint density at radius 1 is 1.33 bits per heavy atom. The van der Waals surface area contributed by atoms with Gasteiger partial charge in [-0.3, -0.25) is 0 Å². The number of benzene rings is 1. The van der Waals surface area contributed by atoms with E-state index < -0.39 is 0 Å². The van der Waals surface area contributed by atoms with Crippen molar-refractivity contribution in [3.8, 4) is 11.8 Å². The van der Waals surface area contributed by atoms with Crippen LogP contribution >= 0.6 is 0 Å². The first-order valence-corrected chi connectivity index (χ1v) is 3.82. The zero-order valence-electron chi connectivity index (χ0n) is 7.26. The summed E-state index contributed by atoms with van der Waals surface area (Å²) in [7, 11) is 0. The zero-order chi connectivity index (χ0) is 9.14. The molecule has 1 rings (SSSR count). The lowest BCUT2D eigenvalue weighted by atomic mass is 10.0. The summed E-state index contributed by atoms with van der Waals surface area (Å²) in [6.45, 7) is 3.72. The normalized spacial score (nSPS) is 9.42. The molecule has 62 valence electrons. The van der Waals surface area contributed by atoms with Gasteiger partial charge in [0.2, 0.25) is 0 Å². The maximum absolute atomic E-state index is 9.56. The highest BCUT2D eigenvalue weighted by Gasteiger charge is 2.06. The van der Waals surface area contributed by atoms with Crippen LogP contribution in [0.1, 0.15) is 16.7 Å². The average molecular weight is 161 g/mol. The minimum absolute atomic E-state index is 0.261. The molecule has 0 spiro atoms. The van der Waals surface area contributed by atoms with Gasteiger partial charge in [-0.25, -0.2) is 0 Å². The van der Waals surface area contributed by atoms with Gasteiger partial charge in [0.25, 0.3) is 0 Å². The lowest BCUT2D eigenvalue weighted by Crippen LogP contribution is -1.90. The Morgan fingerprint density at radius 3 is 2.50 bits per heavy atom. The number of aromatic hydroxyl groups is 1. The van der Waals surface area contributed by atoms with Crippen molar-refractivity contribution in [1.29, 1.82) is 5.26 Å². The highest BCUT2D eigenvalue weighted by molar-refractivity contribution is 5.45. The fourth-order valence-electron chi connectivity index (χ4n) is 1.16. The molecular weight excluding hydrogens is 150 g/mol. The average Bonchev–Trinajstić information content (AvgIpc) is 2.06. The van der Waals surface area contributed by atoms with E-state index >= 15 is 0 Å². The fraction of sp³-hybridized carbons (Fsp3) is 0.300. The molecular formula is C10H11NO. The Kier molecular flexibility index (Phi) is 2.35. The van der Waals surface area contributed by atoms with E-state index in [2.05, 4.69) is 0 Å². The van der Waals surface area contributed by atoms with Crippen molar-refractivity contribution < 1.29 is 5.11 Å². The van der Waals surface area contributed by atoms with E-state index in [0.717, 1.165) is 16.7 Å². The topological polar surface area (TPSA) is 44.0 Å². The van der Waals surface area contributed by atoms with Crippen LogP contribution < -0.4 is 0 Å². The maximum atomic E-state index is 9.56. The minimum atomic E-state index is 0.261. The second-order valence-electron chi connectivity index (χ2n) is 2.86. The molecule has 0 aliphatic heterocycles. The molecule has 1 N–H and O–H groups in total. The number of nitrogens with zero attached hydrogens (tertiary/aromatic N) is 1. The van der Waals surface area contributed by atoms with Crippen molar-refractivity contribution in [3.05, 3.63) is 28.8 Å². The number of phenols is 1. The van der Waals surface area contributed by atoms with E-state index in [4.69, 9.17) is 5.26 Å². The zero-order valence-corrected chi connectivity index (χ0v) is 7.26. The predicted octanol–water partition coefficient (Wildman–Crippen LogP) is 2.08. The van der Waals surface area contributed by atoms with Gasteiger partial charge in [-0.2, -0.15) is 5.26 Å². The van der Waals surface area contributed by atoms with Crippen molar-refractivity contribution in [2.45, 2.75) is 20.3 Å². The number of rotatable bonds is 1. The van der Waals surface area contributed by atoms with E-state index in [0.29, 0.717) is 0 Å². The lowest BCUT2D eigenvalue weighted by Gasteiger charge is -2.06. The minimum Gasteiger partial charge on any atom is -0.507 e. The van der Waals surface area contributed by atoms with Gasteiger partial charge >= 0.3 is 0 Å². The molecule has 0 aromatic heterocycles. The molecule has 0 unspecified atom stereocenters. The molecule has 1 aromatic carbocycles. The van der Waals surface area contributed by atoms with Crippen molar-refractivity contribution >= 4 is 0 Å².